The number of rotatable bonds is 5. The molecule has 3 aliphatic rings. The van der Waals surface area contributed by atoms with Gasteiger partial charge in [-0.1, -0.05) is 13.3 Å². The number of unbranched alkanes of at least 4 members (excludes halogenated alkanes) is 1. The van der Waals surface area contributed by atoms with E-state index >= 15 is 0 Å². The Bertz CT molecular complexity index is 481. The lowest BCUT2D eigenvalue weighted by Gasteiger charge is -2.35. The lowest BCUT2D eigenvalue weighted by Crippen LogP contribution is -2.46. The fourth-order valence-corrected chi connectivity index (χ4v) is 4.63. The normalized spacial score (nSPS) is 30.5. The van der Waals surface area contributed by atoms with E-state index in [1.165, 1.54) is 0 Å². The highest BCUT2D eigenvalue weighted by Crippen LogP contribution is 2.42. The Labute approximate surface area is 144 Å². The van der Waals surface area contributed by atoms with E-state index in [0.29, 0.717) is 18.9 Å². The summed E-state index contributed by atoms with van der Waals surface area (Å²) in [5.74, 6) is 1.15. The lowest BCUT2D eigenvalue weighted by atomic mass is 9.79. The number of fused-ring (bicyclic) bond motifs is 2. The number of carbonyl (C=O) groups is 3. The van der Waals surface area contributed by atoms with Crippen molar-refractivity contribution in [1.82, 2.24) is 10.2 Å². The van der Waals surface area contributed by atoms with E-state index in [9.17, 15) is 14.4 Å². The highest BCUT2D eigenvalue weighted by Gasteiger charge is 2.44. The van der Waals surface area contributed by atoms with E-state index in [1.807, 2.05) is 4.90 Å². The molecule has 3 fully saturated rings. The zero-order chi connectivity index (χ0) is 17.1. The van der Waals surface area contributed by atoms with Crippen LogP contribution >= 0.6 is 0 Å². The smallest absolute Gasteiger partial charge is 0.225 e. The summed E-state index contributed by atoms with van der Waals surface area (Å²) in [4.78, 5) is 38.8. The van der Waals surface area contributed by atoms with Crippen LogP contribution in [0.5, 0.6) is 0 Å². The third kappa shape index (κ3) is 3.65. The quantitative estimate of drug-likeness (QED) is 0.784. The summed E-state index contributed by atoms with van der Waals surface area (Å²) in [7, 11) is 0. The molecule has 1 aliphatic heterocycles. The Morgan fingerprint density at radius 2 is 1.67 bits per heavy atom. The van der Waals surface area contributed by atoms with Gasteiger partial charge in [-0.15, -0.1) is 0 Å². The molecule has 0 aromatic heterocycles. The van der Waals surface area contributed by atoms with Gasteiger partial charge < -0.3 is 10.2 Å². The number of piperidine rings is 1. The average Bonchev–Trinajstić information content (AvgIpc) is 2.82. The first-order chi connectivity index (χ1) is 11.6. The van der Waals surface area contributed by atoms with Crippen LogP contribution in [0, 0.1) is 23.7 Å². The first kappa shape index (κ1) is 17.4. The van der Waals surface area contributed by atoms with Crippen LogP contribution in [-0.2, 0) is 14.4 Å². The van der Waals surface area contributed by atoms with Crippen molar-refractivity contribution in [2.45, 2.75) is 58.3 Å². The molecule has 0 aromatic carbocycles. The van der Waals surface area contributed by atoms with Crippen LogP contribution < -0.4 is 5.32 Å². The molecular weight excluding hydrogens is 304 g/mol. The highest BCUT2D eigenvalue weighted by atomic mass is 16.2. The Hall–Kier alpha value is -1.39. The number of likely N-dealkylation sites (tertiary alicyclic amines) is 1. The molecule has 2 amide bonds. The summed E-state index contributed by atoms with van der Waals surface area (Å²) >= 11 is 0. The largest absolute Gasteiger partial charge is 0.356 e. The summed E-state index contributed by atoms with van der Waals surface area (Å²) in [6.45, 7) is 4.24. The van der Waals surface area contributed by atoms with Gasteiger partial charge in [-0.3, -0.25) is 14.4 Å². The zero-order valence-corrected chi connectivity index (χ0v) is 14.8. The van der Waals surface area contributed by atoms with Crippen molar-refractivity contribution in [1.29, 1.82) is 0 Å². The topological polar surface area (TPSA) is 66.5 Å². The molecule has 1 N–H and O–H groups in total. The second-order valence-electron chi connectivity index (χ2n) is 7.79. The molecule has 0 radical (unpaired) electrons. The van der Waals surface area contributed by atoms with E-state index in [1.54, 1.807) is 0 Å². The zero-order valence-electron chi connectivity index (χ0n) is 14.8. The van der Waals surface area contributed by atoms with Gasteiger partial charge >= 0.3 is 0 Å². The minimum absolute atomic E-state index is 0.0372. The Morgan fingerprint density at radius 1 is 1.04 bits per heavy atom. The maximum Gasteiger partial charge on any atom is 0.225 e. The van der Waals surface area contributed by atoms with Crippen molar-refractivity contribution in [3.05, 3.63) is 0 Å². The monoisotopic (exact) mass is 334 g/mol. The number of Topliss-reactive ketones (excluding diaryl/α,β-unsaturated/α-hetero) is 1. The fraction of sp³-hybridized carbons (Fsp3) is 0.842. The third-order valence-corrected chi connectivity index (χ3v) is 6.16. The Balaban J connectivity index is 1.45. The standard InChI is InChI=1S/C19H30N2O3/c1-2-3-8-20-18(23)13-6-9-21(10-7-13)19(24)16-11-14-4-5-15(12-16)17(14)22/h13-16H,2-12H2,1H3,(H,20,23). The second-order valence-corrected chi connectivity index (χ2v) is 7.79. The van der Waals surface area contributed by atoms with Crippen molar-refractivity contribution in [3.63, 3.8) is 0 Å². The first-order valence-electron chi connectivity index (χ1n) is 9.70. The van der Waals surface area contributed by atoms with Gasteiger partial charge in [0.1, 0.15) is 5.78 Å². The number of amides is 2. The van der Waals surface area contributed by atoms with Crippen LogP contribution in [0.3, 0.4) is 0 Å². The first-order valence-corrected chi connectivity index (χ1v) is 9.70. The number of carbonyl (C=O) groups excluding carboxylic acids is 3. The predicted octanol–water partition coefficient (Wildman–Crippen LogP) is 2.15. The number of hydrogen-bond donors (Lipinski definition) is 1. The summed E-state index contributed by atoms with van der Waals surface area (Å²) in [6.07, 6.45) is 7.10. The van der Waals surface area contributed by atoms with Crippen molar-refractivity contribution in [2.75, 3.05) is 19.6 Å². The van der Waals surface area contributed by atoms with E-state index < -0.39 is 0 Å². The molecule has 5 heteroatoms. The van der Waals surface area contributed by atoms with Crippen molar-refractivity contribution >= 4 is 17.6 Å². The number of hydrogen-bond acceptors (Lipinski definition) is 3. The average molecular weight is 334 g/mol. The molecule has 2 aliphatic carbocycles. The molecule has 24 heavy (non-hydrogen) atoms. The van der Waals surface area contributed by atoms with E-state index in [2.05, 4.69) is 12.2 Å². The van der Waals surface area contributed by atoms with Crippen LogP contribution in [0.4, 0.5) is 0 Å². The SMILES string of the molecule is CCCCNC(=O)C1CCN(C(=O)C2CC3CCC(C2)C3=O)CC1. The van der Waals surface area contributed by atoms with Crippen LogP contribution in [0.25, 0.3) is 0 Å². The number of nitrogens with zero attached hydrogens (tertiary/aromatic N) is 1. The Morgan fingerprint density at radius 3 is 2.25 bits per heavy atom. The number of ketones is 1. The van der Waals surface area contributed by atoms with Gasteiger partial charge in [-0.2, -0.15) is 0 Å². The van der Waals surface area contributed by atoms with Crippen LogP contribution in [0.1, 0.15) is 58.3 Å². The van der Waals surface area contributed by atoms with Crippen LogP contribution in [0.15, 0.2) is 0 Å². The summed E-state index contributed by atoms with van der Waals surface area (Å²) in [5.41, 5.74) is 0. The van der Waals surface area contributed by atoms with Crippen LogP contribution in [-0.4, -0.2) is 42.1 Å². The maximum atomic E-state index is 12.8. The molecule has 134 valence electrons. The van der Waals surface area contributed by atoms with Gasteiger partial charge in [0.25, 0.3) is 0 Å². The van der Waals surface area contributed by atoms with Crippen LogP contribution in [0.2, 0.25) is 0 Å². The van der Waals surface area contributed by atoms with Gasteiger partial charge in [0.2, 0.25) is 11.8 Å². The summed E-state index contributed by atoms with van der Waals surface area (Å²) < 4.78 is 0. The molecule has 2 bridgehead atoms. The molecule has 0 aromatic rings. The molecule has 5 nitrogen and oxygen atoms in total. The molecule has 2 unspecified atom stereocenters. The second kappa shape index (κ2) is 7.66. The van der Waals surface area contributed by atoms with E-state index in [-0.39, 0.29) is 35.5 Å². The van der Waals surface area contributed by atoms with E-state index in [4.69, 9.17) is 0 Å². The molecule has 1 saturated heterocycles. The minimum Gasteiger partial charge on any atom is -0.356 e. The molecule has 3 rings (SSSR count). The molecule has 2 atom stereocenters. The molecule has 0 spiro atoms. The third-order valence-electron chi connectivity index (χ3n) is 6.16. The van der Waals surface area contributed by atoms with Gasteiger partial charge in [0.15, 0.2) is 0 Å². The van der Waals surface area contributed by atoms with Gasteiger partial charge in [0.05, 0.1) is 0 Å². The number of nitrogens with one attached hydrogen (secondary N) is 1. The lowest BCUT2D eigenvalue weighted by molar-refractivity contribution is -0.142. The van der Waals surface area contributed by atoms with Gasteiger partial charge in [0, 0.05) is 43.3 Å². The minimum atomic E-state index is 0.0372. The van der Waals surface area contributed by atoms with E-state index in [0.717, 1.165) is 57.9 Å². The summed E-state index contributed by atoms with van der Waals surface area (Å²) in [5, 5.41) is 3.01. The maximum absolute atomic E-state index is 12.8. The summed E-state index contributed by atoms with van der Waals surface area (Å²) in [6, 6.07) is 0. The van der Waals surface area contributed by atoms with Crippen molar-refractivity contribution < 1.29 is 14.4 Å². The van der Waals surface area contributed by atoms with Crippen molar-refractivity contribution in [2.24, 2.45) is 23.7 Å². The molecule has 1 heterocycles. The van der Waals surface area contributed by atoms with Crippen molar-refractivity contribution in [3.8, 4) is 0 Å². The highest BCUT2D eigenvalue weighted by molar-refractivity contribution is 5.89. The molecular formula is C19H30N2O3. The van der Waals surface area contributed by atoms with Gasteiger partial charge in [-0.05, 0) is 44.9 Å². The predicted molar refractivity (Wildman–Crippen MR) is 91.2 cm³/mol. The van der Waals surface area contributed by atoms with Gasteiger partial charge in [-0.25, -0.2) is 0 Å². The fourth-order valence-electron chi connectivity index (χ4n) is 4.63. The Kier molecular flexibility index (Phi) is 5.57. The molecule has 2 saturated carbocycles.